The van der Waals surface area contributed by atoms with Crippen LogP contribution in [0.1, 0.15) is 30.4 Å². The van der Waals surface area contributed by atoms with Crippen molar-refractivity contribution in [1.29, 1.82) is 0 Å². The third kappa shape index (κ3) is 3.63. The monoisotopic (exact) mass is 352 g/mol. The predicted molar refractivity (Wildman–Crippen MR) is 92.1 cm³/mol. The Kier molecular flexibility index (Phi) is 4.81. The van der Waals surface area contributed by atoms with Crippen molar-refractivity contribution >= 4 is 39.9 Å². The van der Waals surface area contributed by atoms with E-state index in [0.717, 1.165) is 28.3 Å². The molecular formula is C18H18Cl2O3. The van der Waals surface area contributed by atoms with Crippen molar-refractivity contribution in [2.24, 2.45) is 0 Å². The summed E-state index contributed by atoms with van der Waals surface area (Å²) in [6, 6.07) is 7.63. The Bertz CT molecular complexity index is 758. The largest absolute Gasteiger partial charge is 0.462 e. The molecule has 1 heterocycles. The average molecular weight is 353 g/mol. The van der Waals surface area contributed by atoms with Crippen LogP contribution in [0.4, 0.5) is 0 Å². The summed E-state index contributed by atoms with van der Waals surface area (Å²) in [6.07, 6.45) is 1.16. The Labute approximate surface area is 145 Å². The van der Waals surface area contributed by atoms with Crippen molar-refractivity contribution < 1.29 is 14.6 Å². The number of halogens is 2. The normalized spacial score (nSPS) is 21.5. The molecule has 0 spiro atoms. The van der Waals surface area contributed by atoms with Crippen LogP contribution in [-0.2, 0) is 16.0 Å². The second kappa shape index (κ2) is 6.68. The van der Waals surface area contributed by atoms with Crippen LogP contribution in [0.25, 0.3) is 10.8 Å². The molecule has 1 fully saturated rings. The molecule has 1 aliphatic rings. The van der Waals surface area contributed by atoms with Crippen LogP contribution >= 0.6 is 23.2 Å². The average Bonchev–Trinajstić information content (AvgIpc) is 2.45. The fourth-order valence-corrected chi connectivity index (χ4v) is 3.72. The molecule has 3 rings (SSSR count). The number of fused-ring (bicyclic) bond motifs is 1. The topological polar surface area (TPSA) is 46.5 Å². The standard InChI is InChI=1S/C18H18Cl2O3/c1-10-6-17(20)15-4-2-11(19)7-16(15)14(10)5-3-13-8-12(21)9-18(22)23-13/h2,4,6-7,12-13,21H,3,5,8-9H2,1H3/t12-,13-/m1/s1. The first-order chi connectivity index (χ1) is 10.9. The maximum atomic E-state index is 11.4. The fourth-order valence-electron chi connectivity index (χ4n) is 3.22. The van der Waals surface area contributed by atoms with Crippen molar-refractivity contribution in [3.8, 4) is 0 Å². The third-order valence-corrected chi connectivity index (χ3v) is 4.88. The number of benzene rings is 2. The second-order valence-corrected chi connectivity index (χ2v) is 6.93. The van der Waals surface area contributed by atoms with Gasteiger partial charge in [-0.05, 0) is 54.5 Å². The number of hydrogen-bond acceptors (Lipinski definition) is 3. The van der Waals surface area contributed by atoms with Gasteiger partial charge in [-0.25, -0.2) is 0 Å². The van der Waals surface area contributed by atoms with E-state index in [1.165, 1.54) is 0 Å². The van der Waals surface area contributed by atoms with Gasteiger partial charge >= 0.3 is 5.97 Å². The Morgan fingerprint density at radius 3 is 2.78 bits per heavy atom. The first kappa shape index (κ1) is 16.6. The molecule has 122 valence electrons. The van der Waals surface area contributed by atoms with Gasteiger partial charge in [-0.1, -0.05) is 29.3 Å². The fraction of sp³-hybridized carbons (Fsp3) is 0.389. The van der Waals surface area contributed by atoms with Gasteiger partial charge < -0.3 is 9.84 Å². The molecule has 0 aliphatic carbocycles. The number of rotatable bonds is 3. The van der Waals surface area contributed by atoms with E-state index >= 15 is 0 Å². The molecular weight excluding hydrogens is 335 g/mol. The highest BCUT2D eigenvalue weighted by molar-refractivity contribution is 6.36. The maximum absolute atomic E-state index is 11.4. The Hall–Kier alpha value is -1.29. The molecule has 0 saturated carbocycles. The zero-order valence-corrected chi connectivity index (χ0v) is 14.3. The molecule has 2 aromatic carbocycles. The predicted octanol–water partition coefficient (Wildman–Crippen LogP) is 4.45. The van der Waals surface area contributed by atoms with Gasteiger partial charge in [0, 0.05) is 21.9 Å². The minimum Gasteiger partial charge on any atom is -0.462 e. The number of carbonyl (C=O) groups is 1. The molecule has 23 heavy (non-hydrogen) atoms. The lowest BCUT2D eigenvalue weighted by molar-refractivity contribution is -0.160. The first-order valence-electron chi connectivity index (χ1n) is 7.69. The first-order valence-corrected chi connectivity index (χ1v) is 8.44. The van der Waals surface area contributed by atoms with Crippen LogP contribution in [0.3, 0.4) is 0 Å². The van der Waals surface area contributed by atoms with Gasteiger partial charge in [0.05, 0.1) is 12.5 Å². The lowest BCUT2D eigenvalue weighted by atomic mass is 9.93. The van der Waals surface area contributed by atoms with E-state index < -0.39 is 6.10 Å². The van der Waals surface area contributed by atoms with Crippen molar-refractivity contribution in [2.75, 3.05) is 0 Å². The Balaban J connectivity index is 1.88. The molecule has 5 heteroatoms. The molecule has 1 N–H and O–H groups in total. The van der Waals surface area contributed by atoms with Crippen molar-refractivity contribution in [3.05, 3.63) is 45.4 Å². The van der Waals surface area contributed by atoms with E-state index in [1.807, 2.05) is 31.2 Å². The van der Waals surface area contributed by atoms with Crippen LogP contribution in [0.2, 0.25) is 10.0 Å². The summed E-state index contributed by atoms with van der Waals surface area (Å²) in [5.74, 6) is -0.325. The zero-order chi connectivity index (χ0) is 16.6. The molecule has 0 bridgehead atoms. The summed E-state index contributed by atoms with van der Waals surface area (Å²) < 4.78 is 5.33. The molecule has 2 aromatic rings. The number of hydrogen-bond donors (Lipinski definition) is 1. The number of aryl methyl sites for hydroxylation is 2. The van der Waals surface area contributed by atoms with Crippen LogP contribution in [0.5, 0.6) is 0 Å². The number of esters is 1. The summed E-state index contributed by atoms with van der Waals surface area (Å²) in [5, 5.41) is 13.1. The van der Waals surface area contributed by atoms with E-state index in [1.54, 1.807) is 0 Å². The van der Waals surface area contributed by atoms with Crippen molar-refractivity contribution in [1.82, 2.24) is 0 Å². The Morgan fingerprint density at radius 2 is 2.04 bits per heavy atom. The molecule has 2 atom stereocenters. The molecule has 1 aliphatic heterocycles. The molecule has 1 saturated heterocycles. The van der Waals surface area contributed by atoms with Gasteiger partial charge in [-0.2, -0.15) is 0 Å². The van der Waals surface area contributed by atoms with E-state index in [0.29, 0.717) is 22.9 Å². The minimum atomic E-state index is -0.598. The summed E-state index contributed by atoms with van der Waals surface area (Å²) in [4.78, 5) is 11.4. The quantitative estimate of drug-likeness (QED) is 0.829. The van der Waals surface area contributed by atoms with E-state index in [4.69, 9.17) is 27.9 Å². The van der Waals surface area contributed by atoms with Gasteiger partial charge in [0.2, 0.25) is 0 Å². The molecule has 0 aromatic heterocycles. The van der Waals surface area contributed by atoms with Gasteiger partial charge in [-0.3, -0.25) is 4.79 Å². The maximum Gasteiger partial charge on any atom is 0.308 e. The summed E-state index contributed by atoms with van der Waals surface area (Å²) in [5.41, 5.74) is 2.25. The van der Waals surface area contributed by atoms with Crippen LogP contribution < -0.4 is 0 Å². The molecule has 0 amide bonds. The van der Waals surface area contributed by atoms with Crippen molar-refractivity contribution in [3.63, 3.8) is 0 Å². The summed E-state index contributed by atoms with van der Waals surface area (Å²) in [6.45, 7) is 2.02. The number of aliphatic hydroxyl groups excluding tert-OH is 1. The number of carbonyl (C=O) groups excluding carboxylic acids is 1. The highest BCUT2D eigenvalue weighted by atomic mass is 35.5. The Morgan fingerprint density at radius 1 is 1.26 bits per heavy atom. The van der Waals surface area contributed by atoms with Gasteiger partial charge in [-0.15, -0.1) is 0 Å². The molecule has 0 unspecified atom stereocenters. The number of cyclic esters (lactones) is 1. The second-order valence-electron chi connectivity index (χ2n) is 6.09. The summed E-state index contributed by atoms with van der Waals surface area (Å²) >= 11 is 12.5. The summed E-state index contributed by atoms with van der Waals surface area (Å²) in [7, 11) is 0. The minimum absolute atomic E-state index is 0.0923. The lowest BCUT2D eigenvalue weighted by Gasteiger charge is -2.26. The van der Waals surface area contributed by atoms with Gasteiger partial charge in [0.15, 0.2) is 0 Å². The highest BCUT2D eigenvalue weighted by Gasteiger charge is 2.27. The van der Waals surface area contributed by atoms with E-state index in [9.17, 15) is 9.90 Å². The van der Waals surface area contributed by atoms with Gasteiger partial charge in [0.25, 0.3) is 0 Å². The van der Waals surface area contributed by atoms with E-state index in [-0.39, 0.29) is 18.5 Å². The SMILES string of the molecule is Cc1cc(Cl)c2ccc(Cl)cc2c1CC[C@@H]1C[C@@H](O)CC(=O)O1. The van der Waals surface area contributed by atoms with Crippen LogP contribution in [-0.4, -0.2) is 23.3 Å². The van der Waals surface area contributed by atoms with Crippen molar-refractivity contribution in [2.45, 2.75) is 44.8 Å². The lowest BCUT2D eigenvalue weighted by Crippen LogP contribution is -2.32. The third-order valence-electron chi connectivity index (χ3n) is 4.33. The van der Waals surface area contributed by atoms with Gasteiger partial charge in [0.1, 0.15) is 6.10 Å². The number of ether oxygens (including phenoxy) is 1. The van der Waals surface area contributed by atoms with Crippen LogP contribution in [0, 0.1) is 6.92 Å². The highest BCUT2D eigenvalue weighted by Crippen LogP contribution is 2.33. The zero-order valence-electron chi connectivity index (χ0n) is 12.8. The van der Waals surface area contributed by atoms with E-state index in [2.05, 4.69) is 0 Å². The molecule has 0 radical (unpaired) electrons. The van der Waals surface area contributed by atoms with Crippen LogP contribution in [0.15, 0.2) is 24.3 Å². The number of aliphatic hydroxyl groups is 1. The molecule has 3 nitrogen and oxygen atoms in total. The smallest absolute Gasteiger partial charge is 0.308 e.